The van der Waals surface area contributed by atoms with Crippen LogP contribution in [0.1, 0.15) is 83.1 Å². The molecule has 4 heterocycles. The molecule has 2 unspecified atom stereocenters. The second kappa shape index (κ2) is 16.4. The van der Waals surface area contributed by atoms with Crippen LogP contribution < -0.4 is 5.32 Å². The summed E-state index contributed by atoms with van der Waals surface area (Å²) in [5, 5.41) is 4.82. The van der Waals surface area contributed by atoms with Gasteiger partial charge in [-0.2, -0.15) is 0 Å². The highest BCUT2D eigenvalue weighted by Gasteiger charge is 2.45. The molecule has 0 radical (unpaired) electrons. The van der Waals surface area contributed by atoms with Crippen LogP contribution in [0.3, 0.4) is 0 Å². The lowest BCUT2D eigenvalue weighted by Gasteiger charge is -2.27. The van der Waals surface area contributed by atoms with Gasteiger partial charge in [0.15, 0.2) is 0 Å². The molecule has 270 valence electrons. The zero-order valence-corrected chi connectivity index (χ0v) is 31.5. The molecule has 0 aliphatic carbocycles. The minimum atomic E-state index is -0.427. The van der Waals surface area contributed by atoms with Crippen LogP contribution in [0.5, 0.6) is 0 Å². The van der Waals surface area contributed by atoms with E-state index in [4.69, 9.17) is 32.7 Å². The molecule has 2 amide bonds. The van der Waals surface area contributed by atoms with Gasteiger partial charge in [0, 0.05) is 72.3 Å². The van der Waals surface area contributed by atoms with E-state index in [2.05, 4.69) is 22.3 Å². The molecule has 2 atom stereocenters. The topological polar surface area (TPSA) is 91.4 Å². The van der Waals surface area contributed by atoms with E-state index < -0.39 is 5.60 Å². The molecule has 2 aromatic carbocycles. The number of aldehydes is 1. The van der Waals surface area contributed by atoms with Crippen molar-refractivity contribution in [2.45, 2.75) is 85.0 Å². The van der Waals surface area contributed by atoms with E-state index in [1.807, 2.05) is 63.5 Å². The van der Waals surface area contributed by atoms with Crippen LogP contribution in [-0.4, -0.2) is 96.7 Å². The number of halogens is 2. The van der Waals surface area contributed by atoms with Crippen molar-refractivity contribution < 1.29 is 23.9 Å². The van der Waals surface area contributed by atoms with Crippen LogP contribution in [-0.2, 0) is 16.0 Å². The van der Waals surface area contributed by atoms with Gasteiger partial charge in [-0.15, -0.1) is 0 Å². The van der Waals surface area contributed by atoms with Crippen LogP contribution in [0.25, 0.3) is 0 Å². The van der Waals surface area contributed by atoms with Gasteiger partial charge < -0.3 is 24.6 Å². The molecule has 2 spiro atoms. The van der Waals surface area contributed by atoms with Crippen molar-refractivity contribution in [1.82, 2.24) is 20.0 Å². The van der Waals surface area contributed by atoms with Crippen molar-refractivity contribution in [3.8, 4) is 0 Å². The number of amides is 2. The second-order valence-corrected chi connectivity index (χ2v) is 16.9. The zero-order valence-electron chi connectivity index (χ0n) is 30.0. The zero-order chi connectivity index (χ0) is 35.9. The lowest BCUT2D eigenvalue weighted by atomic mass is 9.86. The summed E-state index contributed by atoms with van der Waals surface area (Å²) in [4.78, 5) is 40.5. The van der Waals surface area contributed by atoms with Crippen molar-refractivity contribution >= 4 is 41.7 Å². The van der Waals surface area contributed by atoms with Crippen LogP contribution in [0.15, 0.2) is 48.5 Å². The quantitative estimate of drug-likeness (QED) is 0.323. The molecule has 2 aromatic rings. The number of nitrogens with zero attached hydrogens (tertiary/aromatic N) is 3. The van der Waals surface area contributed by atoms with E-state index in [-0.39, 0.29) is 23.2 Å². The number of carbonyl (C=O) groups excluding carboxylic acids is 3. The molecule has 0 saturated carbocycles. The first kappa shape index (κ1) is 38.9. The lowest BCUT2D eigenvalue weighted by molar-refractivity contribution is 0.0265. The summed E-state index contributed by atoms with van der Waals surface area (Å²) in [7, 11) is 0. The van der Waals surface area contributed by atoms with E-state index in [0.29, 0.717) is 16.0 Å². The molecule has 4 aliphatic heterocycles. The Balaban J connectivity index is 0.000000185. The number of rotatable bonds is 3. The number of likely N-dealkylation sites (tertiary alicyclic amines) is 3. The second-order valence-electron chi connectivity index (χ2n) is 16.0. The van der Waals surface area contributed by atoms with E-state index in [1.165, 1.54) is 12.0 Å². The van der Waals surface area contributed by atoms with E-state index in [0.717, 1.165) is 89.5 Å². The Labute approximate surface area is 302 Å². The van der Waals surface area contributed by atoms with Crippen molar-refractivity contribution in [1.29, 1.82) is 0 Å². The van der Waals surface area contributed by atoms with Crippen LogP contribution >= 0.6 is 23.2 Å². The Morgan fingerprint density at radius 3 is 1.71 bits per heavy atom. The molecule has 4 saturated heterocycles. The molecule has 9 nitrogen and oxygen atoms in total. The van der Waals surface area contributed by atoms with Gasteiger partial charge in [0.2, 0.25) is 0 Å². The number of hydrogen-bond acceptors (Lipinski definition) is 7. The van der Waals surface area contributed by atoms with Crippen LogP contribution in [0.4, 0.5) is 9.59 Å². The average Bonchev–Trinajstić information content (AvgIpc) is 3.84. The average molecular weight is 718 g/mol. The van der Waals surface area contributed by atoms with Gasteiger partial charge in [-0.05, 0) is 110 Å². The predicted octanol–water partition coefficient (Wildman–Crippen LogP) is 7.93. The molecule has 11 heteroatoms. The van der Waals surface area contributed by atoms with Gasteiger partial charge in [0.1, 0.15) is 17.5 Å². The maximum Gasteiger partial charge on any atom is 0.410 e. The standard InChI is InChI=1S/C19H27ClN2O2.C12H22N2O2.C7H5ClO/c1-18(2,3)24-17(23)22-11-9-19(14-22)8-10-21(13-19)12-15-4-6-16(20)7-5-15;1-11(2,3)16-10(15)14-7-5-12(9-14)4-6-13-8-12;8-7-3-1-6(5-9)2-4-7/h4-7H,8-14H2,1-3H3;13H,4-9H2,1-3H3;1-5H. The highest BCUT2D eigenvalue weighted by atomic mass is 35.5. The van der Waals surface area contributed by atoms with Crippen molar-refractivity contribution in [3.05, 3.63) is 69.7 Å². The fourth-order valence-electron chi connectivity index (χ4n) is 6.86. The summed E-state index contributed by atoms with van der Waals surface area (Å²) in [6.07, 6.45) is 4.98. The predicted molar refractivity (Wildman–Crippen MR) is 195 cm³/mol. The van der Waals surface area contributed by atoms with Gasteiger partial charge in [0.05, 0.1) is 0 Å². The van der Waals surface area contributed by atoms with Crippen molar-refractivity contribution in [3.63, 3.8) is 0 Å². The Kier molecular flexibility index (Phi) is 13.1. The molecular formula is C38H54Cl2N4O5. The number of nitrogens with one attached hydrogen (secondary N) is 1. The normalized spacial score (nSPS) is 23.6. The summed E-state index contributed by atoms with van der Waals surface area (Å²) in [6.45, 7) is 20.0. The number of hydrogen-bond donors (Lipinski definition) is 1. The van der Waals surface area contributed by atoms with Crippen molar-refractivity contribution in [2.24, 2.45) is 10.8 Å². The monoisotopic (exact) mass is 716 g/mol. The van der Waals surface area contributed by atoms with Crippen LogP contribution in [0, 0.1) is 10.8 Å². The highest BCUT2D eigenvalue weighted by molar-refractivity contribution is 6.30. The SMILES string of the molecule is CC(C)(C)OC(=O)N1CCC2(CCN(Cc3ccc(Cl)cc3)C2)C1.CC(C)(C)OC(=O)N1CCC2(CCNC2)C1.O=Cc1ccc(Cl)cc1. The van der Waals surface area contributed by atoms with Gasteiger partial charge in [-0.3, -0.25) is 9.69 Å². The fourth-order valence-corrected chi connectivity index (χ4v) is 7.12. The minimum Gasteiger partial charge on any atom is -0.444 e. The number of ether oxygens (including phenoxy) is 2. The molecular weight excluding hydrogens is 663 g/mol. The molecule has 0 bridgehead atoms. The number of benzene rings is 2. The third-order valence-electron chi connectivity index (χ3n) is 9.36. The molecule has 6 rings (SSSR count). The Hall–Kier alpha value is -2.85. The van der Waals surface area contributed by atoms with E-state index in [9.17, 15) is 14.4 Å². The summed E-state index contributed by atoms with van der Waals surface area (Å²) in [5.41, 5.74) is 1.70. The molecule has 4 aliphatic rings. The third-order valence-corrected chi connectivity index (χ3v) is 9.86. The minimum absolute atomic E-state index is 0.156. The largest absolute Gasteiger partial charge is 0.444 e. The highest BCUT2D eigenvalue weighted by Crippen LogP contribution is 2.40. The molecule has 0 aromatic heterocycles. The van der Waals surface area contributed by atoms with E-state index in [1.54, 1.807) is 24.3 Å². The third kappa shape index (κ3) is 12.2. The smallest absolute Gasteiger partial charge is 0.410 e. The Morgan fingerprint density at radius 1 is 0.735 bits per heavy atom. The molecule has 49 heavy (non-hydrogen) atoms. The summed E-state index contributed by atoms with van der Waals surface area (Å²) >= 11 is 11.5. The first-order valence-corrected chi connectivity index (χ1v) is 18.1. The number of carbonyl (C=O) groups is 3. The van der Waals surface area contributed by atoms with E-state index >= 15 is 0 Å². The first-order chi connectivity index (χ1) is 23.0. The maximum absolute atomic E-state index is 12.3. The molecule has 1 N–H and O–H groups in total. The van der Waals surface area contributed by atoms with Crippen LogP contribution in [0.2, 0.25) is 10.0 Å². The Morgan fingerprint density at radius 2 is 1.22 bits per heavy atom. The Bertz CT molecular complexity index is 1400. The van der Waals surface area contributed by atoms with Crippen molar-refractivity contribution in [2.75, 3.05) is 52.4 Å². The molecule has 4 fully saturated rings. The van der Waals surface area contributed by atoms with Gasteiger partial charge in [0.25, 0.3) is 0 Å². The summed E-state index contributed by atoms with van der Waals surface area (Å²) in [6, 6.07) is 14.8. The fraction of sp³-hybridized carbons (Fsp3) is 0.605. The van der Waals surface area contributed by atoms with Gasteiger partial charge in [-0.25, -0.2) is 9.59 Å². The maximum atomic E-state index is 12.3. The van der Waals surface area contributed by atoms with Gasteiger partial charge in [-0.1, -0.05) is 47.5 Å². The first-order valence-electron chi connectivity index (χ1n) is 17.3. The summed E-state index contributed by atoms with van der Waals surface area (Å²) < 4.78 is 10.9. The van der Waals surface area contributed by atoms with Gasteiger partial charge >= 0.3 is 12.2 Å². The summed E-state index contributed by atoms with van der Waals surface area (Å²) in [5.74, 6) is 0. The lowest BCUT2D eigenvalue weighted by Crippen LogP contribution is -2.37.